The molecule has 1 aliphatic rings. The molecule has 0 bridgehead atoms. The van der Waals surface area contributed by atoms with Crippen molar-refractivity contribution in [3.05, 3.63) is 0 Å². The van der Waals surface area contributed by atoms with Crippen LogP contribution in [0.15, 0.2) is 0 Å². The SMILES string of the molecule is NC(=S)C1(C(=O)NCCOCC(F)F)CCC1. The number of rotatable bonds is 7. The summed E-state index contributed by atoms with van der Waals surface area (Å²) >= 11 is 4.88. The number of nitrogens with one attached hydrogen (secondary N) is 1. The summed E-state index contributed by atoms with van der Waals surface area (Å²) in [7, 11) is 0. The Hall–Kier alpha value is -0.820. The molecule has 0 atom stereocenters. The highest BCUT2D eigenvalue weighted by molar-refractivity contribution is 7.80. The van der Waals surface area contributed by atoms with E-state index in [1.165, 1.54) is 0 Å². The van der Waals surface area contributed by atoms with Crippen molar-refractivity contribution in [1.82, 2.24) is 5.32 Å². The zero-order valence-electron chi connectivity index (χ0n) is 9.38. The minimum Gasteiger partial charge on any atom is -0.392 e. The lowest BCUT2D eigenvalue weighted by atomic mass is 9.68. The molecule has 0 aromatic rings. The van der Waals surface area contributed by atoms with Gasteiger partial charge in [0.05, 0.1) is 17.0 Å². The van der Waals surface area contributed by atoms with E-state index >= 15 is 0 Å². The van der Waals surface area contributed by atoms with Gasteiger partial charge in [-0.25, -0.2) is 8.78 Å². The maximum absolute atomic E-state index is 11.8. The highest BCUT2D eigenvalue weighted by Crippen LogP contribution is 2.41. The van der Waals surface area contributed by atoms with E-state index in [4.69, 9.17) is 18.0 Å². The van der Waals surface area contributed by atoms with Crippen molar-refractivity contribution in [3.8, 4) is 0 Å². The van der Waals surface area contributed by atoms with Crippen molar-refractivity contribution < 1.29 is 18.3 Å². The van der Waals surface area contributed by atoms with Gasteiger partial charge in [-0.2, -0.15) is 0 Å². The summed E-state index contributed by atoms with van der Waals surface area (Å²) in [6.45, 7) is -0.365. The molecule has 0 aliphatic heterocycles. The molecule has 0 aromatic heterocycles. The van der Waals surface area contributed by atoms with Crippen LogP contribution < -0.4 is 11.1 Å². The molecule has 17 heavy (non-hydrogen) atoms. The van der Waals surface area contributed by atoms with E-state index in [-0.39, 0.29) is 24.0 Å². The van der Waals surface area contributed by atoms with E-state index in [9.17, 15) is 13.6 Å². The van der Waals surface area contributed by atoms with Crippen LogP contribution in [-0.4, -0.2) is 37.1 Å². The van der Waals surface area contributed by atoms with Crippen molar-refractivity contribution in [2.75, 3.05) is 19.8 Å². The van der Waals surface area contributed by atoms with E-state index in [1.807, 2.05) is 0 Å². The summed E-state index contributed by atoms with van der Waals surface area (Å²) in [5, 5.41) is 2.60. The minimum atomic E-state index is -2.49. The Morgan fingerprint density at radius 1 is 1.53 bits per heavy atom. The third-order valence-corrected chi connectivity index (χ3v) is 3.28. The Bertz CT molecular complexity index is 296. The third-order valence-electron chi connectivity index (χ3n) is 2.89. The average molecular weight is 266 g/mol. The molecule has 98 valence electrons. The molecule has 0 saturated heterocycles. The van der Waals surface area contributed by atoms with E-state index in [1.54, 1.807) is 0 Å². The van der Waals surface area contributed by atoms with Gasteiger partial charge in [0, 0.05) is 6.54 Å². The molecule has 1 saturated carbocycles. The van der Waals surface area contributed by atoms with Gasteiger partial charge in [0.1, 0.15) is 6.61 Å². The molecule has 1 fully saturated rings. The lowest BCUT2D eigenvalue weighted by Gasteiger charge is -2.39. The second kappa shape index (κ2) is 6.20. The Labute approximate surface area is 104 Å². The number of thiocarbonyl (C=S) groups is 1. The van der Waals surface area contributed by atoms with Gasteiger partial charge in [0.25, 0.3) is 6.43 Å². The van der Waals surface area contributed by atoms with E-state index in [0.29, 0.717) is 12.8 Å². The Balaban J connectivity index is 2.23. The number of amides is 1. The Morgan fingerprint density at radius 3 is 2.59 bits per heavy atom. The van der Waals surface area contributed by atoms with Gasteiger partial charge in [-0.05, 0) is 12.8 Å². The number of carbonyl (C=O) groups excluding carboxylic acids is 1. The number of nitrogens with two attached hydrogens (primary N) is 1. The smallest absolute Gasteiger partial charge is 0.261 e. The van der Waals surface area contributed by atoms with Gasteiger partial charge in [-0.1, -0.05) is 18.6 Å². The van der Waals surface area contributed by atoms with Crippen LogP contribution in [0.4, 0.5) is 8.78 Å². The molecule has 0 radical (unpaired) electrons. The maximum atomic E-state index is 11.8. The van der Waals surface area contributed by atoms with E-state index < -0.39 is 18.4 Å². The topological polar surface area (TPSA) is 64.4 Å². The molecular formula is C10H16F2N2O2S. The van der Waals surface area contributed by atoms with Gasteiger partial charge in [-0.3, -0.25) is 4.79 Å². The van der Waals surface area contributed by atoms with Crippen molar-refractivity contribution in [3.63, 3.8) is 0 Å². The number of halogens is 2. The largest absolute Gasteiger partial charge is 0.392 e. The Kier molecular flexibility index (Phi) is 5.20. The van der Waals surface area contributed by atoms with Crippen LogP contribution >= 0.6 is 12.2 Å². The minimum absolute atomic E-state index is 0.0590. The van der Waals surface area contributed by atoms with Crippen LogP contribution in [0, 0.1) is 5.41 Å². The van der Waals surface area contributed by atoms with Crippen LogP contribution in [0.2, 0.25) is 0 Å². The predicted octanol–water partition coefficient (Wildman–Crippen LogP) is 0.841. The molecule has 0 spiro atoms. The van der Waals surface area contributed by atoms with E-state index in [2.05, 4.69) is 10.1 Å². The third kappa shape index (κ3) is 3.57. The van der Waals surface area contributed by atoms with Gasteiger partial charge in [0.2, 0.25) is 5.91 Å². The molecular weight excluding hydrogens is 250 g/mol. The van der Waals surface area contributed by atoms with Crippen LogP contribution in [0.25, 0.3) is 0 Å². The van der Waals surface area contributed by atoms with Crippen LogP contribution in [0.5, 0.6) is 0 Å². The summed E-state index contributed by atoms with van der Waals surface area (Å²) in [5.74, 6) is -0.225. The average Bonchev–Trinajstić information content (AvgIpc) is 2.14. The fourth-order valence-electron chi connectivity index (χ4n) is 1.69. The van der Waals surface area contributed by atoms with Crippen molar-refractivity contribution in [2.45, 2.75) is 25.7 Å². The first-order valence-electron chi connectivity index (χ1n) is 5.43. The first kappa shape index (κ1) is 14.2. The standard InChI is InChI=1S/C10H16F2N2O2S/c11-7(12)6-16-5-4-14-9(15)10(8(13)17)2-1-3-10/h7H,1-6H2,(H2,13,17)(H,14,15). The monoisotopic (exact) mass is 266 g/mol. The zero-order valence-corrected chi connectivity index (χ0v) is 10.2. The van der Waals surface area contributed by atoms with Gasteiger partial charge in [0.15, 0.2) is 0 Å². The fraction of sp³-hybridized carbons (Fsp3) is 0.800. The molecule has 0 aromatic carbocycles. The summed E-state index contributed by atoms with van der Waals surface area (Å²) in [4.78, 5) is 12.0. The molecule has 4 nitrogen and oxygen atoms in total. The quantitative estimate of drug-likeness (QED) is 0.529. The summed E-state index contributed by atoms with van der Waals surface area (Å²) in [6, 6.07) is 0. The van der Waals surface area contributed by atoms with Crippen molar-refractivity contribution in [2.24, 2.45) is 11.1 Å². The number of hydrogen-bond acceptors (Lipinski definition) is 3. The zero-order chi connectivity index (χ0) is 12.9. The van der Waals surface area contributed by atoms with Crippen LogP contribution in [0.1, 0.15) is 19.3 Å². The fourth-order valence-corrected chi connectivity index (χ4v) is 1.99. The molecule has 1 amide bonds. The molecule has 1 aliphatic carbocycles. The highest BCUT2D eigenvalue weighted by Gasteiger charge is 2.46. The molecule has 1 rings (SSSR count). The molecule has 0 unspecified atom stereocenters. The van der Waals surface area contributed by atoms with Crippen LogP contribution in [-0.2, 0) is 9.53 Å². The predicted molar refractivity (Wildman–Crippen MR) is 62.9 cm³/mol. The molecule has 3 N–H and O–H groups in total. The number of alkyl halides is 2. The maximum Gasteiger partial charge on any atom is 0.261 e. The van der Waals surface area contributed by atoms with Crippen molar-refractivity contribution >= 4 is 23.1 Å². The van der Waals surface area contributed by atoms with E-state index in [0.717, 1.165) is 6.42 Å². The van der Waals surface area contributed by atoms with Gasteiger partial charge in [-0.15, -0.1) is 0 Å². The first-order valence-corrected chi connectivity index (χ1v) is 5.84. The number of ether oxygens (including phenoxy) is 1. The summed E-state index contributed by atoms with van der Waals surface area (Å²) < 4.78 is 28.1. The first-order chi connectivity index (χ1) is 7.99. The summed E-state index contributed by atoms with van der Waals surface area (Å²) in [5.41, 5.74) is 4.82. The molecule has 0 heterocycles. The Morgan fingerprint density at radius 2 is 2.18 bits per heavy atom. The lowest BCUT2D eigenvalue weighted by Crippen LogP contribution is -2.53. The van der Waals surface area contributed by atoms with Gasteiger partial charge < -0.3 is 15.8 Å². The normalized spacial score (nSPS) is 17.6. The van der Waals surface area contributed by atoms with Gasteiger partial charge >= 0.3 is 0 Å². The second-order valence-corrected chi connectivity index (χ2v) is 4.46. The number of hydrogen-bond donors (Lipinski definition) is 2. The van der Waals surface area contributed by atoms with Crippen LogP contribution in [0.3, 0.4) is 0 Å². The van der Waals surface area contributed by atoms with Crippen molar-refractivity contribution in [1.29, 1.82) is 0 Å². The summed E-state index contributed by atoms with van der Waals surface area (Å²) in [6.07, 6.45) is -0.245. The lowest BCUT2D eigenvalue weighted by molar-refractivity contribution is -0.131. The second-order valence-electron chi connectivity index (χ2n) is 4.02. The highest BCUT2D eigenvalue weighted by atomic mass is 32.1. The number of carbonyl (C=O) groups is 1. The molecule has 7 heteroatoms.